The molecule has 0 bridgehead atoms. The van der Waals surface area contributed by atoms with E-state index in [9.17, 15) is 10.2 Å². The lowest BCUT2D eigenvalue weighted by Gasteiger charge is -2.17. The van der Waals surface area contributed by atoms with Gasteiger partial charge in [0.05, 0.1) is 24.0 Å². The Morgan fingerprint density at radius 1 is 1.32 bits per heavy atom. The summed E-state index contributed by atoms with van der Waals surface area (Å²) < 4.78 is 1.54. The molecule has 0 amide bonds. The number of hydrazine groups is 1. The molecule has 0 spiro atoms. The maximum Gasteiger partial charge on any atom is 0.360 e. The Morgan fingerprint density at radius 3 is 2.75 bits per heavy atom. The van der Waals surface area contributed by atoms with E-state index < -0.39 is 23.1 Å². The summed E-state index contributed by atoms with van der Waals surface area (Å²) in [5.41, 5.74) is 2.96. The number of rotatable bonds is 4. The monoisotopic (exact) mass is 418 g/mol. The molecule has 1 saturated carbocycles. The van der Waals surface area contributed by atoms with Crippen molar-refractivity contribution in [1.82, 2.24) is 19.7 Å². The first kappa shape index (κ1) is 18.9. The Kier molecular flexibility index (Phi) is 4.86. The number of fused-ring (bicyclic) bond motifs is 1. The second-order valence-electron chi connectivity index (χ2n) is 6.43. The molecule has 1 aliphatic rings. The number of anilines is 1. The van der Waals surface area contributed by atoms with Crippen LogP contribution in [0.2, 0.25) is 5.02 Å². The molecule has 2 aromatic heterocycles. The van der Waals surface area contributed by atoms with Crippen LogP contribution in [0, 0.1) is 6.57 Å². The molecule has 144 valence electrons. The molecule has 5 N–H and O–H groups in total. The summed E-state index contributed by atoms with van der Waals surface area (Å²) in [6, 6.07) is 6.50. The molecule has 9 nitrogen and oxygen atoms in total. The lowest BCUT2D eigenvalue weighted by atomic mass is 10.2. The Hall–Kier alpha value is -2.42. The van der Waals surface area contributed by atoms with Crippen molar-refractivity contribution in [3.63, 3.8) is 0 Å². The number of aromatic nitrogens is 4. The number of thioether (sulfide) groups is 1. The van der Waals surface area contributed by atoms with Gasteiger partial charge in [-0.05, 0) is 36.0 Å². The van der Waals surface area contributed by atoms with Crippen molar-refractivity contribution in [2.24, 2.45) is 5.84 Å². The molecule has 1 aliphatic carbocycles. The fraction of sp³-hybridized carbons (Fsp3) is 0.294. The van der Waals surface area contributed by atoms with E-state index in [1.54, 1.807) is 23.0 Å². The van der Waals surface area contributed by atoms with Gasteiger partial charge in [-0.25, -0.2) is 20.5 Å². The van der Waals surface area contributed by atoms with Crippen LogP contribution in [0.1, 0.15) is 12.5 Å². The summed E-state index contributed by atoms with van der Waals surface area (Å²) in [7, 11) is 0. The van der Waals surface area contributed by atoms with Crippen molar-refractivity contribution in [2.75, 3.05) is 5.43 Å². The van der Waals surface area contributed by atoms with Crippen LogP contribution in [0.25, 0.3) is 15.9 Å². The van der Waals surface area contributed by atoms with E-state index in [-0.39, 0.29) is 6.42 Å². The number of aliphatic hydroxyl groups excluding tert-OH is 2. The van der Waals surface area contributed by atoms with Crippen molar-refractivity contribution < 1.29 is 10.2 Å². The fourth-order valence-corrected chi connectivity index (χ4v) is 4.81. The van der Waals surface area contributed by atoms with Gasteiger partial charge in [0.25, 0.3) is 6.57 Å². The van der Waals surface area contributed by atoms with Gasteiger partial charge < -0.3 is 15.6 Å². The molecule has 3 aromatic rings. The lowest BCUT2D eigenvalue weighted by Crippen LogP contribution is -2.37. The van der Waals surface area contributed by atoms with Gasteiger partial charge in [-0.1, -0.05) is 16.4 Å². The third-order valence-electron chi connectivity index (χ3n) is 4.85. The minimum Gasteiger partial charge on any atom is -0.388 e. The minimum absolute atomic E-state index is 0.241. The maximum absolute atomic E-state index is 10.8. The SMILES string of the molecule is C#[N+][C@]1(Sc2ccc(Cl)cc2)C[C@@H](n2ncc3c(NN)ncnc32)[C@H](O)[C@@H]1O. The number of nitrogens with two attached hydrogens (primary N) is 1. The molecule has 0 unspecified atom stereocenters. The molecule has 1 fully saturated rings. The van der Waals surface area contributed by atoms with Gasteiger partial charge in [0, 0.05) is 9.92 Å². The number of aliphatic hydroxyl groups is 2. The standard InChI is InChI=1S/C17H17ClN7O2S/c1-20-17(28-10-4-2-9(18)3-5-10)6-12(13(26)14(17)27)25-16-11(7-23-25)15(24-19)21-8-22-16/h1-5,7-8,12-14,26-27H,6,19H2,(H,21,22,24)/q+1/t12-,13+,14+,17+/m1/s1. The molecule has 11 heteroatoms. The van der Waals surface area contributed by atoms with E-state index >= 15 is 0 Å². The molecular weight excluding hydrogens is 402 g/mol. The van der Waals surface area contributed by atoms with Crippen molar-refractivity contribution in [3.05, 3.63) is 46.7 Å². The normalized spacial score (nSPS) is 27.0. The summed E-state index contributed by atoms with van der Waals surface area (Å²) in [4.78, 5) is 11.9. The van der Waals surface area contributed by atoms with E-state index in [2.05, 4.69) is 25.3 Å². The third kappa shape index (κ3) is 2.97. The van der Waals surface area contributed by atoms with Gasteiger partial charge in [-0.3, -0.25) is 0 Å². The topological polar surface area (TPSA) is 126 Å². The molecule has 4 rings (SSSR count). The summed E-state index contributed by atoms with van der Waals surface area (Å²) in [6.07, 6.45) is 0.771. The molecule has 1 aromatic carbocycles. The first-order valence-electron chi connectivity index (χ1n) is 8.36. The largest absolute Gasteiger partial charge is 0.388 e. The number of halogens is 1. The number of nitrogens with one attached hydrogen (secondary N) is 1. The zero-order valence-electron chi connectivity index (χ0n) is 14.5. The van der Waals surface area contributed by atoms with Crippen molar-refractivity contribution in [3.8, 4) is 6.57 Å². The molecule has 0 radical (unpaired) electrons. The zero-order chi connectivity index (χ0) is 19.9. The van der Waals surface area contributed by atoms with Crippen LogP contribution in [0.5, 0.6) is 0 Å². The highest BCUT2D eigenvalue weighted by Gasteiger charge is 2.63. The average molecular weight is 419 g/mol. The van der Waals surface area contributed by atoms with E-state index in [0.29, 0.717) is 21.9 Å². The Morgan fingerprint density at radius 2 is 2.07 bits per heavy atom. The van der Waals surface area contributed by atoms with E-state index in [1.165, 1.54) is 18.1 Å². The highest BCUT2D eigenvalue weighted by atomic mass is 35.5. The highest BCUT2D eigenvalue weighted by molar-refractivity contribution is 8.00. The van der Waals surface area contributed by atoms with Gasteiger partial charge in [-0.2, -0.15) is 5.10 Å². The smallest absolute Gasteiger partial charge is 0.360 e. The number of hydrogen-bond donors (Lipinski definition) is 4. The van der Waals surface area contributed by atoms with E-state index in [1.807, 2.05) is 12.1 Å². The van der Waals surface area contributed by atoms with Crippen LogP contribution in [0.3, 0.4) is 0 Å². The van der Waals surface area contributed by atoms with Crippen LogP contribution < -0.4 is 11.3 Å². The van der Waals surface area contributed by atoms with Crippen LogP contribution in [0.15, 0.2) is 41.7 Å². The Balaban J connectivity index is 1.71. The Labute approximate surface area is 169 Å². The highest BCUT2D eigenvalue weighted by Crippen LogP contribution is 2.51. The number of nitrogen functional groups attached to an aromatic ring is 1. The number of benzene rings is 1. The van der Waals surface area contributed by atoms with Crippen LogP contribution in [-0.4, -0.2) is 47.0 Å². The van der Waals surface area contributed by atoms with Gasteiger partial charge >= 0.3 is 4.87 Å². The fourth-order valence-electron chi connectivity index (χ4n) is 3.43. The summed E-state index contributed by atoms with van der Waals surface area (Å²) in [5.74, 6) is 5.89. The quantitative estimate of drug-likeness (QED) is 0.373. The van der Waals surface area contributed by atoms with Crippen LogP contribution in [-0.2, 0) is 0 Å². The Bertz CT molecular complexity index is 1050. The maximum atomic E-state index is 10.8. The van der Waals surface area contributed by atoms with Gasteiger partial charge in [-0.15, -0.1) is 0 Å². The van der Waals surface area contributed by atoms with E-state index in [0.717, 1.165) is 4.90 Å². The predicted octanol–water partition coefficient (Wildman–Crippen LogP) is 1.88. The number of hydrogen-bond acceptors (Lipinski definition) is 8. The predicted molar refractivity (Wildman–Crippen MR) is 107 cm³/mol. The van der Waals surface area contributed by atoms with Crippen LogP contribution in [0.4, 0.5) is 5.82 Å². The number of nitrogens with zero attached hydrogens (tertiary/aromatic N) is 5. The summed E-state index contributed by atoms with van der Waals surface area (Å²) in [6.45, 7) is 5.70. The van der Waals surface area contributed by atoms with Gasteiger partial charge in [0.1, 0.15) is 12.4 Å². The van der Waals surface area contributed by atoms with Crippen molar-refractivity contribution >= 4 is 40.2 Å². The molecule has 0 saturated heterocycles. The lowest BCUT2D eigenvalue weighted by molar-refractivity contribution is 0.0166. The molecular formula is C17H17ClN7O2S+. The van der Waals surface area contributed by atoms with Crippen molar-refractivity contribution in [2.45, 2.75) is 34.4 Å². The van der Waals surface area contributed by atoms with Gasteiger partial charge in [0.2, 0.25) is 0 Å². The average Bonchev–Trinajstić information content (AvgIpc) is 3.24. The second kappa shape index (κ2) is 7.20. The van der Waals surface area contributed by atoms with Crippen molar-refractivity contribution in [1.29, 1.82) is 0 Å². The summed E-state index contributed by atoms with van der Waals surface area (Å²) >= 11 is 7.20. The minimum atomic E-state index is -1.21. The third-order valence-corrected chi connectivity index (χ3v) is 6.48. The second-order valence-corrected chi connectivity index (χ2v) is 8.25. The molecule has 0 aliphatic heterocycles. The zero-order valence-corrected chi connectivity index (χ0v) is 16.0. The first-order chi connectivity index (χ1) is 13.5. The van der Waals surface area contributed by atoms with Crippen LogP contribution >= 0.6 is 23.4 Å². The first-order valence-corrected chi connectivity index (χ1v) is 9.56. The summed E-state index contributed by atoms with van der Waals surface area (Å²) in [5, 5.41) is 27.1. The molecule has 28 heavy (non-hydrogen) atoms. The molecule has 2 heterocycles. The van der Waals surface area contributed by atoms with E-state index in [4.69, 9.17) is 24.0 Å². The van der Waals surface area contributed by atoms with Gasteiger partial charge in [0.15, 0.2) is 17.6 Å². The molecule has 4 atom stereocenters.